The van der Waals surface area contributed by atoms with Crippen molar-refractivity contribution in [3.8, 4) is 11.5 Å². The number of hydrogen-bond donors (Lipinski definition) is 2. The van der Waals surface area contributed by atoms with E-state index in [9.17, 15) is 4.79 Å². The van der Waals surface area contributed by atoms with Crippen molar-refractivity contribution in [1.82, 2.24) is 5.32 Å². The Hall–Kier alpha value is -2.24. The summed E-state index contributed by atoms with van der Waals surface area (Å²) in [5.74, 6) is 1.18. The van der Waals surface area contributed by atoms with E-state index in [2.05, 4.69) is 10.3 Å². The molecule has 0 saturated heterocycles. The summed E-state index contributed by atoms with van der Waals surface area (Å²) in [7, 11) is 3.09. The molecule has 86 valence electrons. The molecular formula is C10H13N3O3. The first-order chi connectivity index (χ1) is 7.67. The van der Waals surface area contributed by atoms with Crippen molar-refractivity contribution in [2.24, 2.45) is 10.7 Å². The third kappa shape index (κ3) is 3.16. The summed E-state index contributed by atoms with van der Waals surface area (Å²) in [5, 5.41) is 2.24. The molecule has 16 heavy (non-hydrogen) atoms. The maximum Gasteiger partial charge on any atom is 0.317 e. The average Bonchev–Trinajstić information content (AvgIpc) is 2.28. The molecule has 0 spiro atoms. The van der Waals surface area contributed by atoms with Gasteiger partial charge < -0.3 is 15.2 Å². The van der Waals surface area contributed by atoms with E-state index in [4.69, 9.17) is 15.2 Å². The first-order valence-electron chi connectivity index (χ1n) is 4.48. The summed E-state index contributed by atoms with van der Waals surface area (Å²) in [6.45, 7) is 0. The second kappa shape index (κ2) is 5.59. The number of carbonyl (C=O) groups excluding carboxylic acids is 1. The topological polar surface area (TPSA) is 85.9 Å². The van der Waals surface area contributed by atoms with Gasteiger partial charge in [0.05, 0.1) is 26.2 Å². The third-order valence-electron chi connectivity index (χ3n) is 1.79. The fourth-order valence-corrected chi connectivity index (χ4v) is 1.08. The quantitative estimate of drug-likeness (QED) is 0.590. The number of rotatable bonds is 4. The molecule has 1 rings (SSSR count). The van der Waals surface area contributed by atoms with Crippen LogP contribution in [0.1, 0.15) is 0 Å². The summed E-state index contributed by atoms with van der Waals surface area (Å²) in [5.41, 5.74) is 5.49. The maximum absolute atomic E-state index is 10.4. The highest BCUT2D eigenvalue weighted by molar-refractivity contribution is 5.85. The van der Waals surface area contributed by atoms with Gasteiger partial charge in [-0.2, -0.15) is 0 Å². The van der Waals surface area contributed by atoms with E-state index < -0.39 is 6.03 Å². The van der Waals surface area contributed by atoms with Gasteiger partial charge in [-0.3, -0.25) is 5.32 Å². The van der Waals surface area contributed by atoms with E-state index in [0.29, 0.717) is 17.2 Å². The van der Waals surface area contributed by atoms with Crippen LogP contribution in [0.15, 0.2) is 23.2 Å². The lowest BCUT2D eigenvalue weighted by molar-refractivity contribution is 0.253. The molecule has 0 aromatic heterocycles. The highest BCUT2D eigenvalue weighted by Crippen LogP contribution is 2.30. The minimum absolute atomic E-state index is 0.566. The van der Waals surface area contributed by atoms with Crippen molar-refractivity contribution in [1.29, 1.82) is 0 Å². The van der Waals surface area contributed by atoms with E-state index in [1.807, 2.05) is 0 Å². The van der Waals surface area contributed by atoms with Crippen molar-refractivity contribution >= 4 is 18.1 Å². The summed E-state index contributed by atoms with van der Waals surface area (Å²) in [6.07, 6.45) is 1.21. The van der Waals surface area contributed by atoms with Gasteiger partial charge in [0.15, 0.2) is 11.5 Å². The van der Waals surface area contributed by atoms with Crippen LogP contribution in [0.3, 0.4) is 0 Å². The standard InChI is InChI=1S/C10H13N3O3/c1-15-8-4-3-7(5-9(8)16-2)12-6-13-10(11)14/h3-6H,1-2H3,(H3,11,12,13,14). The van der Waals surface area contributed by atoms with Crippen LogP contribution in [0.4, 0.5) is 10.5 Å². The Balaban J connectivity index is 2.82. The predicted octanol–water partition coefficient (Wildman–Crippen LogP) is 1.03. The molecule has 0 radical (unpaired) electrons. The van der Waals surface area contributed by atoms with Gasteiger partial charge in [-0.1, -0.05) is 0 Å². The van der Waals surface area contributed by atoms with Crippen LogP contribution in [0, 0.1) is 0 Å². The van der Waals surface area contributed by atoms with Crippen LogP contribution in [-0.4, -0.2) is 26.6 Å². The number of nitrogens with one attached hydrogen (secondary N) is 1. The van der Waals surface area contributed by atoms with Gasteiger partial charge in [0, 0.05) is 6.07 Å². The Morgan fingerprint density at radius 2 is 2.06 bits per heavy atom. The molecular weight excluding hydrogens is 210 g/mol. The molecule has 0 saturated carbocycles. The van der Waals surface area contributed by atoms with Crippen LogP contribution in [0.25, 0.3) is 0 Å². The normalized spacial score (nSPS) is 10.1. The van der Waals surface area contributed by atoms with Gasteiger partial charge in [-0.05, 0) is 12.1 Å². The van der Waals surface area contributed by atoms with Crippen LogP contribution >= 0.6 is 0 Å². The smallest absolute Gasteiger partial charge is 0.317 e. The maximum atomic E-state index is 10.4. The number of aliphatic imine (C=N–C) groups is 1. The minimum Gasteiger partial charge on any atom is -0.493 e. The van der Waals surface area contributed by atoms with Crippen LogP contribution in [0.5, 0.6) is 11.5 Å². The summed E-state index contributed by atoms with van der Waals surface area (Å²) >= 11 is 0. The Bertz CT molecular complexity index is 404. The lowest BCUT2D eigenvalue weighted by atomic mass is 10.3. The molecule has 0 aliphatic carbocycles. The second-order valence-corrected chi connectivity index (χ2v) is 2.81. The van der Waals surface area contributed by atoms with Crippen molar-refractivity contribution in [2.75, 3.05) is 14.2 Å². The van der Waals surface area contributed by atoms with Gasteiger partial charge in [-0.15, -0.1) is 0 Å². The van der Waals surface area contributed by atoms with Crippen molar-refractivity contribution in [3.63, 3.8) is 0 Å². The first kappa shape index (κ1) is 11.8. The number of amides is 2. The molecule has 0 aliphatic heterocycles. The van der Waals surface area contributed by atoms with E-state index in [0.717, 1.165) is 0 Å². The third-order valence-corrected chi connectivity index (χ3v) is 1.79. The number of ether oxygens (including phenoxy) is 2. The van der Waals surface area contributed by atoms with Gasteiger partial charge in [-0.25, -0.2) is 9.79 Å². The number of methoxy groups -OCH3 is 2. The van der Waals surface area contributed by atoms with Gasteiger partial charge in [0.1, 0.15) is 0 Å². The Labute approximate surface area is 93.1 Å². The number of carbonyl (C=O) groups is 1. The predicted molar refractivity (Wildman–Crippen MR) is 60.4 cm³/mol. The van der Waals surface area contributed by atoms with E-state index in [-0.39, 0.29) is 0 Å². The number of hydrogen-bond acceptors (Lipinski definition) is 4. The summed E-state index contributed by atoms with van der Waals surface area (Å²) < 4.78 is 10.2. The Kier molecular flexibility index (Phi) is 4.14. The zero-order valence-corrected chi connectivity index (χ0v) is 9.06. The van der Waals surface area contributed by atoms with Gasteiger partial charge in [0.2, 0.25) is 0 Å². The summed E-state index contributed by atoms with van der Waals surface area (Å²) in [6, 6.07) is 4.46. The van der Waals surface area contributed by atoms with Gasteiger partial charge in [0.25, 0.3) is 0 Å². The van der Waals surface area contributed by atoms with Crippen LogP contribution in [0.2, 0.25) is 0 Å². The fraction of sp³-hybridized carbons (Fsp3) is 0.200. The summed E-state index contributed by atoms with van der Waals surface area (Å²) in [4.78, 5) is 14.3. The monoisotopic (exact) mass is 223 g/mol. The highest BCUT2D eigenvalue weighted by atomic mass is 16.5. The molecule has 0 heterocycles. The van der Waals surface area contributed by atoms with Crippen LogP contribution in [-0.2, 0) is 0 Å². The molecule has 1 aromatic carbocycles. The Morgan fingerprint density at radius 3 is 2.62 bits per heavy atom. The average molecular weight is 223 g/mol. The highest BCUT2D eigenvalue weighted by Gasteiger charge is 2.02. The fourth-order valence-electron chi connectivity index (χ4n) is 1.08. The number of urea groups is 1. The van der Waals surface area contributed by atoms with Crippen molar-refractivity contribution < 1.29 is 14.3 Å². The molecule has 0 fully saturated rings. The zero-order valence-electron chi connectivity index (χ0n) is 9.06. The van der Waals surface area contributed by atoms with Gasteiger partial charge >= 0.3 is 6.03 Å². The molecule has 2 amide bonds. The van der Waals surface area contributed by atoms with Crippen molar-refractivity contribution in [3.05, 3.63) is 18.2 Å². The lowest BCUT2D eigenvalue weighted by Gasteiger charge is -2.07. The SMILES string of the molecule is COc1ccc(N=CNC(N)=O)cc1OC. The second-order valence-electron chi connectivity index (χ2n) is 2.81. The molecule has 6 heteroatoms. The van der Waals surface area contributed by atoms with E-state index >= 15 is 0 Å². The van der Waals surface area contributed by atoms with Crippen molar-refractivity contribution in [2.45, 2.75) is 0 Å². The molecule has 0 unspecified atom stereocenters. The molecule has 0 bridgehead atoms. The molecule has 6 nitrogen and oxygen atoms in total. The largest absolute Gasteiger partial charge is 0.493 e. The number of nitrogens with zero attached hydrogens (tertiary/aromatic N) is 1. The molecule has 0 aliphatic rings. The Morgan fingerprint density at radius 1 is 1.38 bits per heavy atom. The van der Waals surface area contributed by atoms with Crippen LogP contribution < -0.4 is 20.5 Å². The molecule has 0 atom stereocenters. The number of benzene rings is 1. The molecule has 3 N–H and O–H groups in total. The molecule has 1 aromatic rings. The first-order valence-corrected chi connectivity index (χ1v) is 4.48. The number of primary amides is 1. The van der Waals surface area contributed by atoms with E-state index in [1.165, 1.54) is 13.4 Å². The number of nitrogens with two attached hydrogens (primary N) is 1. The van der Waals surface area contributed by atoms with E-state index in [1.54, 1.807) is 25.3 Å². The zero-order chi connectivity index (χ0) is 12.0. The lowest BCUT2D eigenvalue weighted by Crippen LogP contribution is -2.27. The minimum atomic E-state index is -0.663.